The summed E-state index contributed by atoms with van der Waals surface area (Å²) in [6.45, 7) is 0.119. The van der Waals surface area contributed by atoms with Crippen molar-refractivity contribution >= 4 is 57.7 Å². The van der Waals surface area contributed by atoms with E-state index in [1.165, 1.54) is 6.08 Å². The number of fused-ring (bicyclic) bond motifs is 1. The van der Waals surface area contributed by atoms with Crippen molar-refractivity contribution in [1.29, 1.82) is 0 Å². The number of amides is 2. The van der Waals surface area contributed by atoms with Gasteiger partial charge in [-0.1, -0.05) is 41.9 Å². The molecule has 142 valence electrons. The predicted molar refractivity (Wildman–Crippen MR) is 114 cm³/mol. The Hall–Kier alpha value is -3.16. The third-order valence-corrected chi connectivity index (χ3v) is 4.30. The van der Waals surface area contributed by atoms with Crippen LogP contribution in [0.1, 0.15) is 5.56 Å². The Morgan fingerprint density at radius 1 is 1.04 bits per heavy atom. The molecule has 0 spiro atoms. The zero-order valence-electron chi connectivity index (χ0n) is 14.7. The highest BCUT2D eigenvalue weighted by Gasteiger charge is 2.07. The molecule has 0 aliphatic carbocycles. The zero-order chi connectivity index (χ0) is 19.9. The van der Waals surface area contributed by atoms with Gasteiger partial charge in [-0.3, -0.25) is 25.8 Å². The molecule has 2 amide bonds. The van der Waals surface area contributed by atoms with Gasteiger partial charge in [0.05, 0.1) is 0 Å². The molecule has 0 aliphatic rings. The summed E-state index contributed by atoms with van der Waals surface area (Å²) in [5.41, 5.74) is 6.76. The molecule has 0 unspecified atom stereocenters. The number of carbonyl (C=O) groups excluding carboxylic acids is 2. The Balaban J connectivity index is 1.45. The monoisotopic (exact) mass is 412 g/mol. The van der Waals surface area contributed by atoms with Crippen LogP contribution in [0.25, 0.3) is 17.0 Å². The van der Waals surface area contributed by atoms with Crippen LogP contribution in [0, 0.1) is 0 Å². The quantitative estimate of drug-likeness (QED) is 0.350. The second-order valence-electron chi connectivity index (χ2n) is 5.88. The maximum Gasteiger partial charge on any atom is 0.258 e. The minimum Gasteiger partial charge on any atom is -0.338 e. The summed E-state index contributed by atoms with van der Waals surface area (Å²) >= 11 is 10.8. The summed E-state index contributed by atoms with van der Waals surface area (Å²) in [5.74, 6) is -0.715. The van der Waals surface area contributed by atoms with E-state index in [1.54, 1.807) is 30.3 Å². The van der Waals surface area contributed by atoms with Crippen LogP contribution >= 0.6 is 23.8 Å². The van der Waals surface area contributed by atoms with Crippen LogP contribution in [-0.4, -0.2) is 21.5 Å². The van der Waals surface area contributed by atoms with Gasteiger partial charge in [0, 0.05) is 22.8 Å². The molecular formula is C20H17ClN4O2S. The van der Waals surface area contributed by atoms with E-state index in [0.29, 0.717) is 5.02 Å². The third kappa shape index (κ3) is 5.42. The van der Waals surface area contributed by atoms with E-state index in [0.717, 1.165) is 16.5 Å². The summed E-state index contributed by atoms with van der Waals surface area (Å²) in [6.07, 6.45) is 4.81. The van der Waals surface area contributed by atoms with Gasteiger partial charge in [0.1, 0.15) is 6.54 Å². The number of hydrazine groups is 1. The van der Waals surface area contributed by atoms with Crippen molar-refractivity contribution in [2.24, 2.45) is 0 Å². The first-order valence-electron chi connectivity index (χ1n) is 8.38. The number of nitrogens with one attached hydrogen (secondary N) is 3. The number of benzene rings is 2. The fourth-order valence-electron chi connectivity index (χ4n) is 2.53. The van der Waals surface area contributed by atoms with Gasteiger partial charge in [-0.25, -0.2) is 0 Å². The standard InChI is InChI=1S/C20H17ClN4O2S/c21-16-8-5-14(6-9-16)7-10-18(26)22-20(28)24-23-19(27)13-25-12-11-15-3-1-2-4-17(15)25/h1-12H,13H2,(H,23,27)(H2,22,24,26,28)/b10-7+. The minimum absolute atomic E-state index is 0.00327. The van der Waals surface area contributed by atoms with Crippen molar-refractivity contribution in [3.63, 3.8) is 0 Å². The number of hydrogen-bond donors (Lipinski definition) is 3. The van der Waals surface area contributed by atoms with E-state index in [2.05, 4.69) is 16.2 Å². The SMILES string of the molecule is O=C(/C=C/c1ccc(Cl)cc1)NC(=S)NNC(=O)Cn1ccc2ccccc21. The number of nitrogens with zero attached hydrogens (tertiary/aromatic N) is 1. The number of rotatable bonds is 4. The van der Waals surface area contributed by atoms with Crippen molar-refractivity contribution < 1.29 is 9.59 Å². The molecule has 0 saturated heterocycles. The van der Waals surface area contributed by atoms with Crippen LogP contribution in [0.3, 0.4) is 0 Å². The Bertz CT molecular complexity index is 1040. The predicted octanol–water partition coefficient (Wildman–Crippen LogP) is 3.03. The molecule has 0 saturated carbocycles. The number of halogens is 1. The first-order valence-corrected chi connectivity index (χ1v) is 9.17. The smallest absolute Gasteiger partial charge is 0.258 e. The van der Waals surface area contributed by atoms with Gasteiger partial charge in [-0.05, 0) is 53.5 Å². The van der Waals surface area contributed by atoms with Crippen LogP contribution in [0.15, 0.2) is 66.9 Å². The third-order valence-electron chi connectivity index (χ3n) is 3.84. The molecule has 0 bridgehead atoms. The maximum atomic E-state index is 12.1. The van der Waals surface area contributed by atoms with Crippen molar-refractivity contribution in [2.45, 2.75) is 6.54 Å². The van der Waals surface area contributed by atoms with Crippen molar-refractivity contribution in [1.82, 2.24) is 20.7 Å². The largest absolute Gasteiger partial charge is 0.338 e. The lowest BCUT2D eigenvalue weighted by molar-refractivity contribution is -0.122. The molecule has 6 nitrogen and oxygen atoms in total. The number of para-hydroxylation sites is 1. The van der Waals surface area contributed by atoms with Gasteiger partial charge >= 0.3 is 0 Å². The maximum absolute atomic E-state index is 12.1. The average molecular weight is 413 g/mol. The number of carbonyl (C=O) groups is 2. The highest BCUT2D eigenvalue weighted by atomic mass is 35.5. The van der Waals surface area contributed by atoms with E-state index in [1.807, 2.05) is 41.1 Å². The number of aromatic nitrogens is 1. The normalized spacial score (nSPS) is 10.8. The Labute approximate surface area is 172 Å². The number of thiocarbonyl (C=S) groups is 1. The molecule has 3 N–H and O–H groups in total. The van der Waals surface area contributed by atoms with Gasteiger partial charge in [-0.15, -0.1) is 0 Å². The van der Waals surface area contributed by atoms with Gasteiger partial charge < -0.3 is 4.57 Å². The van der Waals surface area contributed by atoms with Crippen LogP contribution in [0.2, 0.25) is 5.02 Å². The van der Waals surface area contributed by atoms with Crippen LogP contribution in [-0.2, 0) is 16.1 Å². The number of hydrogen-bond acceptors (Lipinski definition) is 3. The average Bonchev–Trinajstić information content (AvgIpc) is 3.09. The highest BCUT2D eigenvalue weighted by Crippen LogP contribution is 2.14. The van der Waals surface area contributed by atoms with Crippen molar-refractivity contribution in [3.05, 3.63) is 77.5 Å². The first kappa shape index (κ1) is 19.6. The summed E-state index contributed by atoms with van der Waals surface area (Å²) in [4.78, 5) is 24.0. The molecular weight excluding hydrogens is 396 g/mol. The summed E-state index contributed by atoms with van der Waals surface area (Å²) in [5, 5.41) is 4.12. The molecule has 1 aromatic heterocycles. The molecule has 2 aromatic carbocycles. The van der Waals surface area contributed by atoms with Gasteiger partial charge in [-0.2, -0.15) is 0 Å². The van der Waals surface area contributed by atoms with E-state index in [-0.39, 0.29) is 17.6 Å². The molecule has 28 heavy (non-hydrogen) atoms. The fourth-order valence-corrected chi connectivity index (χ4v) is 2.81. The summed E-state index contributed by atoms with van der Waals surface area (Å²) in [7, 11) is 0. The zero-order valence-corrected chi connectivity index (χ0v) is 16.3. The topological polar surface area (TPSA) is 75.2 Å². The Morgan fingerprint density at radius 3 is 2.57 bits per heavy atom. The van der Waals surface area contributed by atoms with Gasteiger partial charge in [0.15, 0.2) is 5.11 Å². The molecule has 0 aliphatic heterocycles. The van der Waals surface area contributed by atoms with E-state index in [4.69, 9.17) is 23.8 Å². The van der Waals surface area contributed by atoms with Gasteiger partial charge in [0.25, 0.3) is 5.91 Å². The molecule has 0 fully saturated rings. The first-order chi connectivity index (χ1) is 13.5. The molecule has 3 aromatic rings. The Morgan fingerprint density at radius 2 is 1.79 bits per heavy atom. The summed E-state index contributed by atoms with van der Waals surface area (Å²) < 4.78 is 1.82. The van der Waals surface area contributed by atoms with Crippen LogP contribution in [0.5, 0.6) is 0 Å². The minimum atomic E-state index is -0.418. The Kier molecular flexibility index (Phi) is 6.41. The fraction of sp³-hybridized carbons (Fsp3) is 0.0500. The molecule has 3 rings (SSSR count). The lowest BCUT2D eigenvalue weighted by atomic mass is 10.2. The van der Waals surface area contributed by atoms with Crippen LogP contribution in [0.4, 0.5) is 0 Å². The van der Waals surface area contributed by atoms with Crippen molar-refractivity contribution in [2.75, 3.05) is 0 Å². The lowest BCUT2D eigenvalue weighted by Crippen LogP contribution is -2.48. The van der Waals surface area contributed by atoms with Crippen LogP contribution < -0.4 is 16.2 Å². The highest BCUT2D eigenvalue weighted by molar-refractivity contribution is 7.80. The molecule has 8 heteroatoms. The van der Waals surface area contributed by atoms with E-state index < -0.39 is 5.91 Å². The molecule has 1 heterocycles. The second-order valence-corrected chi connectivity index (χ2v) is 6.72. The van der Waals surface area contributed by atoms with Gasteiger partial charge in [0.2, 0.25) is 5.91 Å². The second kappa shape index (κ2) is 9.16. The molecule has 0 atom stereocenters. The lowest BCUT2D eigenvalue weighted by Gasteiger charge is -2.10. The summed E-state index contributed by atoms with van der Waals surface area (Å²) in [6, 6.07) is 16.7. The van der Waals surface area contributed by atoms with E-state index in [9.17, 15) is 9.59 Å². The van der Waals surface area contributed by atoms with Crippen molar-refractivity contribution in [3.8, 4) is 0 Å². The van der Waals surface area contributed by atoms with E-state index >= 15 is 0 Å². The molecule has 0 radical (unpaired) electrons.